The van der Waals surface area contributed by atoms with Crippen molar-refractivity contribution in [3.63, 3.8) is 0 Å². The number of aryl methyl sites for hydroxylation is 1. The Morgan fingerprint density at radius 1 is 0.352 bits per heavy atom. The van der Waals surface area contributed by atoms with Gasteiger partial charge in [-0.1, -0.05) is 217 Å². The smallest absolute Gasteiger partial charge is 0.252 e. The number of anilines is 9. The number of nitrogens with zero attached hydrogens (tertiary/aromatic N) is 4. The largest absolute Gasteiger partial charge is 0.453 e. The molecule has 1 aromatic heterocycles. The fourth-order valence-electron chi connectivity index (χ4n) is 15.1. The van der Waals surface area contributed by atoms with Gasteiger partial charge in [-0.25, -0.2) is 0 Å². The summed E-state index contributed by atoms with van der Waals surface area (Å²) in [6.07, 6.45) is 3.22. The maximum Gasteiger partial charge on any atom is 0.252 e. The third-order valence-electron chi connectivity index (χ3n) is 19.6. The molecule has 0 unspecified atom stereocenters. The molecule has 0 saturated carbocycles. The summed E-state index contributed by atoms with van der Waals surface area (Å²) in [6.45, 7) is 14.0. The zero-order valence-electron chi connectivity index (χ0n) is 52.4. The summed E-state index contributed by atoms with van der Waals surface area (Å²) in [5.41, 5.74) is 30.8. The summed E-state index contributed by atoms with van der Waals surface area (Å²) in [5, 5.41) is 1.35. The van der Waals surface area contributed by atoms with Gasteiger partial charge < -0.3 is 24.0 Å². The van der Waals surface area contributed by atoms with Gasteiger partial charge in [0.15, 0.2) is 11.5 Å². The number of hydrogen-bond acceptors (Lipinski definition) is 4. The van der Waals surface area contributed by atoms with Crippen molar-refractivity contribution in [1.29, 1.82) is 0 Å². The van der Waals surface area contributed by atoms with E-state index in [1.807, 2.05) is 0 Å². The van der Waals surface area contributed by atoms with Crippen LogP contribution >= 0.6 is 0 Å². The molecule has 4 aliphatic rings. The lowest BCUT2D eigenvalue weighted by atomic mass is 9.33. The van der Waals surface area contributed by atoms with E-state index in [0.29, 0.717) is 0 Å². The van der Waals surface area contributed by atoms with Crippen molar-refractivity contribution in [2.45, 2.75) is 71.6 Å². The van der Waals surface area contributed by atoms with Crippen LogP contribution in [-0.4, -0.2) is 11.3 Å². The van der Waals surface area contributed by atoms with Gasteiger partial charge in [-0.05, 0) is 194 Å². The Morgan fingerprint density at radius 3 is 1.38 bits per heavy atom. The van der Waals surface area contributed by atoms with Crippen molar-refractivity contribution < 1.29 is 4.74 Å². The Hall–Kier alpha value is -10.6. The molecule has 5 nitrogen and oxygen atoms in total. The maximum absolute atomic E-state index is 6.66. The minimum atomic E-state index is -0.259. The first-order chi connectivity index (χ1) is 44.4. The Balaban J connectivity index is 0.989. The summed E-state index contributed by atoms with van der Waals surface area (Å²) in [5.74, 6) is 1.65. The number of aromatic nitrogens is 1. The minimum absolute atomic E-state index is 0.157. The number of hydrogen-bond donors (Lipinski definition) is 0. The van der Waals surface area contributed by atoms with Crippen LogP contribution in [0.1, 0.15) is 70.3 Å². The predicted molar refractivity (Wildman–Crippen MR) is 383 cm³/mol. The van der Waals surface area contributed by atoms with Crippen molar-refractivity contribution >= 4 is 85.2 Å². The van der Waals surface area contributed by atoms with Crippen LogP contribution in [0.5, 0.6) is 11.5 Å². The molecule has 0 fully saturated rings. The van der Waals surface area contributed by atoms with Crippen LogP contribution in [0.3, 0.4) is 0 Å². The van der Waals surface area contributed by atoms with Gasteiger partial charge in [-0.2, -0.15) is 0 Å². The fourth-order valence-corrected chi connectivity index (χ4v) is 15.1. The average Bonchev–Trinajstić information content (AvgIpc) is 0.961. The lowest BCUT2D eigenvalue weighted by Crippen LogP contribution is -2.61. The Labute approximate surface area is 534 Å². The molecule has 0 radical (unpaired) electrons. The van der Waals surface area contributed by atoms with E-state index in [9.17, 15) is 0 Å². The first-order valence-electron chi connectivity index (χ1n) is 32.3. The van der Waals surface area contributed by atoms with E-state index < -0.39 is 0 Å². The van der Waals surface area contributed by atoms with Gasteiger partial charge in [-0.15, -0.1) is 0 Å². The van der Waals surface area contributed by atoms with Crippen LogP contribution in [-0.2, 0) is 23.7 Å². The molecule has 0 saturated heterocycles. The quantitative estimate of drug-likeness (QED) is 0.142. The van der Waals surface area contributed by atoms with Crippen LogP contribution in [0.2, 0.25) is 0 Å². The fraction of sp³-hybridized carbons (Fsp3) is 0.129. The molecule has 91 heavy (non-hydrogen) atoms. The molecule has 438 valence electrons. The van der Waals surface area contributed by atoms with Crippen LogP contribution in [0, 0.1) is 0 Å². The topological polar surface area (TPSA) is 23.9 Å². The van der Waals surface area contributed by atoms with E-state index in [1.54, 1.807) is 0 Å². The average molecular weight is 1170 g/mol. The van der Waals surface area contributed by atoms with Crippen molar-refractivity contribution in [1.82, 2.24) is 4.57 Å². The number of rotatable bonds is 8. The highest BCUT2D eigenvalue weighted by molar-refractivity contribution is 7.00. The summed E-state index contributed by atoms with van der Waals surface area (Å²) in [6, 6.07) is 102. The molecule has 3 aliphatic heterocycles. The lowest BCUT2D eigenvalue weighted by Gasteiger charge is -2.46. The summed E-state index contributed by atoms with van der Waals surface area (Å²) in [7, 11) is 0. The predicted octanol–water partition coefficient (Wildman–Crippen LogP) is 21.0. The second kappa shape index (κ2) is 21.0. The third kappa shape index (κ3) is 8.97. The Bertz CT molecular complexity index is 4920. The molecule has 6 heteroatoms. The molecule has 12 aromatic carbocycles. The van der Waals surface area contributed by atoms with E-state index in [4.69, 9.17) is 4.74 Å². The van der Waals surface area contributed by atoms with E-state index in [1.165, 1.54) is 117 Å². The Morgan fingerprint density at radius 2 is 0.802 bits per heavy atom. The molecular formula is C85H69BN4O. The Kier molecular flexibility index (Phi) is 12.6. The van der Waals surface area contributed by atoms with Crippen molar-refractivity contribution in [2.24, 2.45) is 0 Å². The summed E-state index contributed by atoms with van der Waals surface area (Å²) >= 11 is 0. The molecule has 4 heterocycles. The van der Waals surface area contributed by atoms with Crippen LogP contribution in [0.15, 0.2) is 273 Å². The van der Waals surface area contributed by atoms with Crippen molar-refractivity contribution in [2.75, 3.05) is 14.7 Å². The van der Waals surface area contributed by atoms with E-state index in [2.05, 4.69) is 334 Å². The molecule has 0 spiro atoms. The number of benzene rings is 12. The molecular weight excluding hydrogens is 1100 g/mol. The van der Waals surface area contributed by atoms with E-state index in [0.717, 1.165) is 64.9 Å². The standard InChI is InChI=1S/C85H69BN4O/c1-84(2,3)61-49-67(58-28-15-9-16-29-58)83(68(50-61)59-30-17-10-18-31-59)90-77-54-64(88-72-35-23-32-66(72)69-48-60(40-47-73(69)88)56-26-13-8-14-27-56)43-46-71(77)86-70-45-44-65(89-74-33-19-21-36-80(74)91-81-37-22-20-34-75(81)89)53-76(70)87(78-51-62(85(4,5)6)52-79(90)82(78)86)63-41-38-57(39-42-63)55-24-11-7-12-25-55/h7-22,24-31,33-34,36-54H,23,32,35H2,1-6H3. The van der Waals surface area contributed by atoms with Crippen LogP contribution in [0.25, 0.3) is 61.1 Å². The molecule has 17 rings (SSSR count). The third-order valence-corrected chi connectivity index (χ3v) is 19.6. The number of fused-ring (bicyclic) bond motifs is 9. The lowest BCUT2D eigenvalue weighted by molar-refractivity contribution is 0.477. The van der Waals surface area contributed by atoms with Gasteiger partial charge in [0.25, 0.3) is 6.71 Å². The molecule has 0 amide bonds. The number of ether oxygens (including phenoxy) is 1. The normalized spacial score (nSPS) is 13.7. The van der Waals surface area contributed by atoms with Crippen molar-refractivity contribution in [3.05, 3.63) is 295 Å². The van der Waals surface area contributed by atoms with Crippen molar-refractivity contribution in [3.8, 4) is 61.7 Å². The molecule has 13 aromatic rings. The molecule has 1 aliphatic carbocycles. The van der Waals surface area contributed by atoms with E-state index >= 15 is 0 Å². The van der Waals surface area contributed by atoms with E-state index in [-0.39, 0.29) is 17.5 Å². The van der Waals surface area contributed by atoms with Crippen LogP contribution in [0.4, 0.5) is 51.2 Å². The van der Waals surface area contributed by atoms with Gasteiger partial charge in [0.05, 0.1) is 22.6 Å². The zero-order valence-corrected chi connectivity index (χ0v) is 52.4. The highest BCUT2D eigenvalue weighted by Gasteiger charge is 2.46. The highest BCUT2D eigenvalue weighted by atomic mass is 16.5. The first kappa shape index (κ1) is 54.6. The minimum Gasteiger partial charge on any atom is -0.453 e. The first-order valence-corrected chi connectivity index (χ1v) is 32.3. The SMILES string of the molecule is CC(C)(C)c1cc(-c2ccccc2)c(N2c3cc(-n4c5c(c6cc(-c7ccccc7)ccc64)CCC5)ccc3B3c4ccc(N5c6ccccc6Oc6ccccc65)cc4N(c4ccc(-c5ccccc5)cc4)c4cc(C(C)(C)C)cc2c43)c(-c2ccccc2)c1. The maximum atomic E-state index is 6.66. The number of para-hydroxylation sites is 4. The van der Waals surface area contributed by atoms with Gasteiger partial charge in [0.2, 0.25) is 0 Å². The molecule has 0 N–H and O–H groups in total. The summed E-state index contributed by atoms with van der Waals surface area (Å²) in [4.78, 5) is 7.70. The van der Waals surface area contributed by atoms with Crippen LogP contribution < -0.4 is 35.8 Å². The zero-order chi connectivity index (χ0) is 61.3. The molecule has 0 atom stereocenters. The second-order valence-corrected chi connectivity index (χ2v) is 27.2. The van der Waals surface area contributed by atoms with Gasteiger partial charge >= 0.3 is 0 Å². The molecule has 0 bridgehead atoms. The van der Waals surface area contributed by atoms with Gasteiger partial charge in [0.1, 0.15) is 0 Å². The monoisotopic (exact) mass is 1170 g/mol. The van der Waals surface area contributed by atoms with Gasteiger partial charge in [0, 0.05) is 62.0 Å². The van der Waals surface area contributed by atoms with Gasteiger partial charge in [-0.3, -0.25) is 0 Å². The summed E-state index contributed by atoms with van der Waals surface area (Å²) < 4.78 is 9.28. The second-order valence-electron chi connectivity index (χ2n) is 27.2. The highest BCUT2D eigenvalue weighted by Crippen LogP contribution is 2.55.